The second-order valence-electron chi connectivity index (χ2n) is 8.21. The van der Waals surface area contributed by atoms with Crippen LogP contribution in [0.2, 0.25) is 0 Å². The molecule has 0 aromatic carbocycles. The molecular formula is C17H27N. The third-order valence-corrected chi connectivity index (χ3v) is 6.76. The van der Waals surface area contributed by atoms with E-state index < -0.39 is 0 Å². The van der Waals surface area contributed by atoms with Gasteiger partial charge in [0, 0.05) is 18.1 Å². The first-order valence-corrected chi connectivity index (χ1v) is 7.92. The van der Waals surface area contributed by atoms with Crippen molar-refractivity contribution in [3.8, 4) is 0 Å². The van der Waals surface area contributed by atoms with Gasteiger partial charge in [0.1, 0.15) is 0 Å². The zero-order valence-corrected chi connectivity index (χ0v) is 12.3. The average molecular weight is 245 g/mol. The van der Waals surface area contributed by atoms with Crippen molar-refractivity contribution in [3.63, 3.8) is 0 Å². The van der Waals surface area contributed by atoms with E-state index in [0.717, 1.165) is 29.7 Å². The van der Waals surface area contributed by atoms with Crippen LogP contribution in [0.4, 0.5) is 0 Å². The molecule has 3 fully saturated rings. The number of hydrogen-bond acceptors (Lipinski definition) is 1. The normalized spacial score (nSPS) is 52.3. The fourth-order valence-corrected chi connectivity index (χ4v) is 6.00. The van der Waals surface area contributed by atoms with E-state index in [1.54, 1.807) is 0 Å². The molecule has 0 amide bonds. The van der Waals surface area contributed by atoms with E-state index in [-0.39, 0.29) is 0 Å². The third-order valence-electron chi connectivity index (χ3n) is 6.76. The Morgan fingerprint density at radius 2 is 1.72 bits per heavy atom. The molecule has 1 spiro atoms. The number of hydrogen-bond donors (Lipinski definition) is 0. The SMILES string of the molecule is CC(C)N1CC2C3C=CC(CC3)C2C12CC2(C)C. The maximum Gasteiger partial charge on any atom is 0.0306 e. The number of fused-ring (bicyclic) bond motifs is 1. The lowest BCUT2D eigenvalue weighted by atomic mass is 9.60. The number of likely N-dealkylation sites (tertiary alicyclic amines) is 1. The standard InChI is InChI=1S/C17H27N/c1-11(2)18-9-14-12-5-7-13(8-6-12)15(14)17(18)10-16(17,3)4/h5,7,11-15H,6,8-10H2,1-4H3. The summed E-state index contributed by atoms with van der Waals surface area (Å²) in [5.41, 5.74) is 1.11. The molecule has 0 aromatic rings. The Labute approximate surface area is 112 Å². The van der Waals surface area contributed by atoms with Crippen LogP contribution in [0.3, 0.4) is 0 Å². The molecule has 5 aliphatic rings. The quantitative estimate of drug-likeness (QED) is 0.637. The van der Waals surface area contributed by atoms with Gasteiger partial charge in [-0.15, -0.1) is 0 Å². The van der Waals surface area contributed by atoms with Crippen LogP contribution in [0.1, 0.15) is 47.0 Å². The van der Waals surface area contributed by atoms with E-state index in [2.05, 4.69) is 44.7 Å². The smallest absolute Gasteiger partial charge is 0.0306 e. The summed E-state index contributed by atoms with van der Waals surface area (Å²) in [6.45, 7) is 11.2. The molecule has 5 atom stereocenters. The van der Waals surface area contributed by atoms with E-state index in [4.69, 9.17) is 0 Å². The molecule has 18 heavy (non-hydrogen) atoms. The first-order valence-electron chi connectivity index (χ1n) is 7.92. The van der Waals surface area contributed by atoms with Gasteiger partial charge < -0.3 is 0 Å². The summed E-state index contributed by atoms with van der Waals surface area (Å²) < 4.78 is 0. The van der Waals surface area contributed by atoms with Crippen LogP contribution >= 0.6 is 0 Å². The second kappa shape index (κ2) is 3.23. The Kier molecular flexibility index (Phi) is 2.07. The van der Waals surface area contributed by atoms with Gasteiger partial charge in [0.05, 0.1) is 0 Å². The van der Waals surface area contributed by atoms with Crippen LogP contribution < -0.4 is 0 Å². The first-order chi connectivity index (χ1) is 8.47. The van der Waals surface area contributed by atoms with Gasteiger partial charge >= 0.3 is 0 Å². The zero-order chi connectivity index (χ0) is 12.7. The van der Waals surface area contributed by atoms with Crippen molar-refractivity contribution in [1.82, 2.24) is 4.90 Å². The Balaban J connectivity index is 1.78. The monoisotopic (exact) mass is 245 g/mol. The lowest BCUT2D eigenvalue weighted by molar-refractivity contribution is 0.0876. The molecule has 0 N–H and O–H groups in total. The van der Waals surface area contributed by atoms with Crippen molar-refractivity contribution in [2.75, 3.05) is 6.54 Å². The van der Waals surface area contributed by atoms with Crippen molar-refractivity contribution in [3.05, 3.63) is 12.2 Å². The van der Waals surface area contributed by atoms with Gasteiger partial charge in [0.2, 0.25) is 0 Å². The zero-order valence-electron chi connectivity index (χ0n) is 12.3. The van der Waals surface area contributed by atoms with Crippen molar-refractivity contribution < 1.29 is 0 Å². The topological polar surface area (TPSA) is 3.24 Å². The molecule has 1 heterocycles. The molecule has 1 aliphatic heterocycles. The van der Waals surface area contributed by atoms with Crippen molar-refractivity contribution in [2.24, 2.45) is 29.1 Å². The van der Waals surface area contributed by atoms with Crippen LogP contribution in [0.15, 0.2) is 12.2 Å². The summed E-state index contributed by atoms with van der Waals surface area (Å²) in [7, 11) is 0. The summed E-state index contributed by atoms with van der Waals surface area (Å²) >= 11 is 0. The van der Waals surface area contributed by atoms with Gasteiger partial charge in [-0.05, 0) is 62.2 Å². The molecule has 1 saturated heterocycles. The summed E-state index contributed by atoms with van der Waals surface area (Å²) in [6, 6.07) is 0.719. The summed E-state index contributed by atoms with van der Waals surface area (Å²) in [5.74, 6) is 3.74. The fraction of sp³-hybridized carbons (Fsp3) is 0.882. The number of rotatable bonds is 1. The van der Waals surface area contributed by atoms with Crippen molar-refractivity contribution in [2.45, 2.75) is 58.5 Å². The van der Waals surface area contributed by atoms with Crippen LogP contribution in [0.25, 0.3) is 0 Å². The maximum absolute atomic E-state index is 2.89. The predicted molar refractivity (Wildman–Crippen MR) is 75.3 cm³/mol. The van der Waals surface area contributed by atoms with Crippen LogP contribution in [-0.4, -0.2) is 23.0 Å². The van der Waals surface area contributed by atoms with Crippen molar-refractivity contribution >= 4 is 0 Å². The summed E-state index contributed by atoms with van der Waals surface area (Å²) in [5, 5.41) is 0. The maximum atomic E-state index is 2.89. The molecule has 2 saturated carbocycles. The summed E-state index contributed by atoms with van der Waals surface area (Å²) in [4.78, 5) is 2.89. The highest BCUT2D eigenvalue weighted by atomic mass is 15.3. The Morgan fingerprint density at radius 3 is 2.22 bits per heavy atom. The molecule has 4 aliphatic carbocycles. The predicted octanol–water partition coefficient (Wildman–Crippen LogP) is 3.71. The number of allylic oxidation sites excluding steroid dienone is 2. The van der Waals surface area contributed by atoms with E-state index in [1.165, 1.54) is 25.8 Å². The van der Waals surface area contributed by atoms with Crippen LogP contribution in [0, 0.1) is 29.1 Å². The molecule has 1 nitrogen and oxygen atoms in total. The fourth-order valence-electron chi connectivity index (χ4n) is 6.00. The van der Waals surface area contributed by atoms with E-state index in [0.29, 0.717) is 11.0 Å². The molecule has 5 rings (SSSR count). The Morgan fingerprint density at radius 1 is 1.11 bits per heavy atom. The minimum Gasteiger partial charge on any atom is -0.294 e. The molecule has 100 valence electrons. The minimum absolute atomic E-state index is 0.555. The van der Waals surface area contributed by atoms with Crippen LogP contribution in [-0.2, 0) is 0 Å². The first kappa shape index (κ1) is 11.5. The van der Waals surface area contributed by atoms with Gasteiger partial charge in [-0.2, -0.15) is 0 Å². The van der Waals surface area contributed by atoms with Gasteiger partial charge in [0.15, 0.2) is 0 Å². The minimum atomic E-state index is 0.555. The lowest BCUT2D eigenvalue weighted by Gasteiger charge is -2.45. The van der Waals surface area contributed by atoms with E-state index in [1.807, 2.05) is 0 Å². The molecule has 0 radical (unpaired) electrons. The average Bonchev–Trinajstić information content (AvgIpc) is 2.73. The highest BCUT2D eigenvalue weighted by Crippen LogP contribution is 2.72. The highest BCUT2D eigenvalue weighted by Gasteiger charge is 2.74. The second-order valence-corrected chi connectivity index (χ2v) is 8.21. The molecule has 1 heteroatoms. The molecule has 5 unspecified atom stereocenters. The van der Waals surface area contributed by atoms with Gasteiger partial charge in [-0.25, -0.2) is 0 Å². The van der Waals surface area contributed by atoms with Crippen LogP contribution in [0.5, 0.6) is 0 Å². The lowest BCUT2D eigenvalue weighted by Crippen LogP contribution is -2.46. The van der Waals surface area contributed by atoms with Gasteiger partial charge in [-0.1, -0.05) is 26.0 Å². The summed E-state index contributed by atoms with van der Waals surface area (Å²) in [6.07, 6.45) is 9.50. The number of nitrogens with zero attached hydrogens (tertiary/aromatic N) is 1. The largest absolute Gasteiger partial charge is 0.294 e. The van der Waals surface area contributed by atoms with Gasteiger partial charge in [0.25, 0.3) is 0 Å². The molecule has 0 aromatic heterocycles. The van der Waals surface area contributed by atoms with E-state index in [9.17, 15) is 0 Å². The third kappa shape index (κ3) is 1.13. The highest BCUT2D eigenvalue weighted by molar-refractivity contribution is 5.31. The molecular weight excluding hydrogens is 218 g/mol. The van der Waals surface area contributed by atoms with Crippen molar-refractivity contribution in [1.29, 1.82) is 0 Å². The van der Waals surface area contributed by atoms with E-state index >= 15 is 0 Å². The molecule has 2 bridgehead atoms. The Hall–Kier alpha value is -0.300. The van der Waals surface area contributed by atoms with Gasteiger partial charge in [-0.3, -0.25) is 4.90 Å². The Bertz CT molecular complexity index is 408.